The van der Waals surface area contributed by atoms with Crippen LogP contribution in [0.3, 0.4) is 0 Å². The fraction of sp³-hybridized carbons (Fsp3) is 0.105. The Morgan fingerprint density at radius 2 is 2.07 bits per heavy atom. The number of hydrogen-bond acceptors (Lipinski definition) is 6. The molecule has 0 aliphatic carbocycles. The maximum absolute atomic E-state index is 11.8. The zero-order valence-electron chi connectivity index (χ0n) is 14.4. The largest absolute Gasteiger partial charge is 0.478 e. The van der Waals surface area contributed by atoms with E-state index in [1.807, 2.05) is 18.2 Å². The molecule has 2 aromatic heterocycles. The fourth-order valence-corrected chi connectivity index (χ4v) is 3.36. The molecule has 0 fully saturated rings. The van der Waals surface area contributed by atoms with Crippen LogP contribution in [0.5, 0.6) is 0 Å². The van der Waals surface area contributed by atoms with Gasteiger partial charge in [0.05, 0.1) is 17.4 Å². The molecule has 8 nitrogen and oxygen atoms in total. The molecule has 140 valence electrons. The smallest absolute Gasteiger partial charge is 0.328 e. The predicted molar refractivity (Wildman–Crippen MR) is 105 cm³/mol. The second-order valence-corrected chi connectivity index (χ2v) is 6.61. The Morgan fingerprint density at radius 3 is 2.89 bits per heavy atom. The first-order chi connectivity index (χ1) is 13.5. The first kappa shape index (κ1) is 17.9. The predicted octanol–water partition coefficient (Wildman–Crippen LogP) is 2.81. The van der Waals surface area contributed by atoms with Crippen LogP contribution < -0.4 is 10.6 Å². The van der Waals surface area contributed by atoms with Gasteiger partial charge in [0.15, 0.2) is 0 Å². The van der Waals surface area contributed by atoms with Crippen LogP contribution in [-0.4, -0.2) is 38.5 Å². The summed E-state index contributed by atoms with van der Waals surface area (Å²) < 4.78 is 0. The minimum atomic E-state index is -1.20. The van der Waals surface area contributed by atoms with Crippen molar-refractivity contribution < 1.29 is 14.7 Å². The van der Waals surface area contributed by atoms with Crippen LogP contribution in [0.2, 0.25) is 5.02 Å². The summed E-state index contributed by atoms with van der Waals surface area (Å²) in [5, 5.41) is 15.9. The van der Waals surface area contributed by atoms with E-state index in [0.29, 0.717) is 17.1 Å². The molecule has 1 atom stereocenters. The SMILES string of the molecule is O=C(O)C=CC(=O)Nc1cc2c(C3CNc4cc(Cl)ccc43)ncnc2cn1. The van der Waals surface area contributed by atoms with E-state index in [9.17, 15) is 9.59 Å². The van der Waals surface area contributed by atoms with Crippen molar-refractivity contribution in [3.63, 3.8) is 0 Å². The van der Waals surface area contributed by atoms with Gasteiger partial charge in [0.25, 0.3) is 0 Å². The molecule has 0 saturated carbocycles. The van der Waals surface area contributed by atoms with Gasteiger partial charge >= 0.3 is 5.97 Å². The van der Waals surface area contributed by atoms with E-state index in [4.69, 9.17) is 16.7 Å². The van der Waals surface area contributed by atoms with Gasteiger partial charge in [-0.25, -0.2) is 19.7 Å². The highest BCUT2D eigenvalue weighted by atomic mass is 35.5. The second kappa shape index (κ2) is 7.24. The van der Waals surface area contributed by atoms with Crippen LogP contribution in [0, 0.1) is 0 Å². The third-order valence-corrected chi connectivity index (χ3v) is 4.63. The summed E-state index contributed by atoms with van der Waals surface area (Å²) in [4.78, 5) is 35.2. The van der Waals surface area contributed by atoms with E-state index in [1.54, 1.807) is 12.3 Å². The number of benzene rings is 1. The molecule has 1 aliphatic rings. The molecular formula is C19H14ClN5O3. The number of halogens is 1. The van der Waals surface area contributed by atoms with E-state index in [0.717, 1.165) is 34.5 Å². The van der Waals surface area contributed by atoms with Crippen LogP contribution in [0.4, 0.5) is 11.5 Å². The molecule has 1 amide bonds. The number of carboxylic acids is 1. The van der Waals surface area contributed by atoms with Crippen molar-refractivity contribution in [3.8, 4) is 0 Å². The van der Waals surface area contributed by atoms with Crippen molar-refractivity contribution in [1.82, 2.24) is 15.0 Å². The normalized spacial score (nSPS) is 15.4. The Hall–Kier alpha value is -3.52. The number of carboxylic acid groups (broad SMARTS) is 1. The van der Waals surface area contributed by atoms with Gasteiger partial charge in [-0.3, -0.25) is 4.79 Å². The number of pyridine rings is 1. The van der Waals surface area contributed by atoms with E-state index in [1.165, 1.54) is 6.33 Å². The third kappa shape index (κ3) is 3.49. The van der Waals surface area contributed by atoms with Crippen molar-refractivity contribution in [1.29, 1.82) is 0 Å². The number of rotatable bonds is 4. The fourth-order valence-electron chi connectivity index (χ4n) is 3.19. The van der Waals surface area contributed by atoms with E-state index >= 15 is 0 Å². The molecule has 1 unspecified atom stereocenters. The molecule has 1 aliphatic heterocycles. The average Bonchev–Trinajstić information content (AvgIpc) is 3.08. The quantitative estimate of drug-likeness (QED) is 0.581. The van der Waals surface area contributed by atoms with Gasteiger partial charge in [0, 0.05) is 40.7 Å². The van der Waals surface area contributed by atoms with Gasteiger partial charge in [-0.05, 0) is 23.8 Å². The Morgan fingerprint density at radius 1 is 1.21 bits per heavy atom. The number of nitrogens with zero attached hydrogens (tertiary/aromatic N) is 3. The molecular weight excluding hydrogens is 382 g/mol. The molecule has 3 heterocycles. The number of aromatic nitrogens is 3. The van der Waals surface area contributed by atoms with Gasteiger partial charge in [-0.1, -0.05) is 17.7 Å². The van der Waals surface area contributed by atoms with E-state index in [-0.39, 0.29) is 11.7 Å². The van der Waals surface area contributed by atoms with Crippen molar-refractivity contribution in [2.45, 2.75) is 5.92 Å². The lowest BCUT2D eigenvalue weighted by Crippen LogP contribution is -2.11. The maximum Gasteiger partial charge on any atom is 0.328 e. The Balaban J connectivity index is 1.71. The lowest BCUT2D eigenvalue weighted by molar-refractivity contribution is -0.131. The molecule has 0 radical (unpaired) electrons. The van der Waals surface area contributed by atoms with Crippen LogP contribution in [0.1, 0.15) is 17.2 Å². The number of fused-ring (bicyclic) bond motifs is 2. The number of aliphatic carboxylic acids is 1. The number of carbonyl (C=O) groups excluding carboxylic acids is 1. The second-order valence-electron chi connectivity index (χ2n) is 6.17. The van der Waals surface area contributed by atoms with Crippen LogP contribution in [0.15, 0.2) is 48.9 Å². The van der Waals surface area contributed by atoms with Crippen molar-refractivity contribution in [2.24, 2.45) is 0 Å². The van der Waals surface area contributed by atoms with Crippen molar-refractivity contribution in [2.75, 3.05) is 17.2 Å². The standard InChI is InChI=1S/C19H14ClN5O3/c20-10-1-2-11-13(7-21-14(11)5-10)19-12-6-16(22-8-15(12)23-9-24-19)25-17(26)3-4-18(27)28/h1-6,8-9,13,21H,7H2,(H,27,28)(H,22,25,26). The summed E-state index contributed by atoms with van der Waals surface area (Å²) in [5.41, 5.74) is 3.49. The molecule has 9 heteroatoms. The molecule has 4 rings (SSSR count). The summed E-state index contributed by atoms with van der Waals surface area (Å²) in [5.74, 6) is -1.51. The van der Waals surface area contributed by atoms with Crippen LogP contribution >= 0.6 is 11.6 Å². The topological polar surface area (TPSA) is 117 Å². The Kier molecular flexibility index (Phi) is 4.62. The highest BCUT2D eigenvalue weighted by Gasteiger charge is 2.27. The van der Waals surface area contributed by atoms with Crippen molar-refractivity contribution in [3.05, 3.63) is 65.2 Å². The number of amides is 1. The monoisotopic (exact) mass is 395 g/mol. The lowest BCUT2D eigenvalue weighted by Gasteiger charge is -2.13. The van der Waals surface area contributed by atoms with Gasteiger partial charge in [-0.2, -0.15) is 0 Å². The summed E-state index contributed by atoms with van der Waals surface area (Å²) in [7, 11) is 0. The molecule has 0 spiro atoms. The number of carbonyl (C=O) groups is 2. The average molecular weight is 396 g/mol. The molecule has 0 saturated heterocycles. The Labute approximate surface area is 164 Å². The molecule has 0 bridgehead atoms. The summed E-state index contributed by atoms with van der Waals surface area (Å²) in [6.45, 7) is 0.660. The highest BCUT2D eigenvalue weighted by molar-refractivity contribution is 6.30. The van der Waals surface area contributed by atoms with Gasteiger partial charge in [0.2, 0.25) is 5.91 Å². The maximum atomic E-state index is 11.8. The number of anilines is 2. The number of nitrogens with one attached hydrogen (secondary N) is 2. The highest BCUT2D eigenvalue weighted by Crippen LogP contribution is 2.38. The molecule has 28 heavy (non-hydrogen) atoms. The first-order valence-corrected chi connectivity index (χ1v) is 8.75. The van der Waals surface area contributed by atoms with Gasteiger partial charge < -0.3 is 15.7 Å². The summed E-state index contributed by atoms with van der Waals surface area (Å²) in [6, 6.07) is 7.37. The number of hydrogen-bond donors (Lipinski definition) is 3. The summed E-state index contributed by atoms with van der Waals surface area (Å²) >= 11 is 6.07. The lowest BCUT2D eigenvalue weighted by atomic mass is 9.95. The zero-order valence-corrected chi connectivity index (χ0v) is 15.1. The third-order valence-electron chi connectivity index (χ3n) is 4.40. The summed E-state index contributed by atoms with van der Waals surface area (Å²) in [6.07, 6.45) is 4.72. The van der Waals surface area contributed by atoms with E-state index < -0.39 is 11.9 Å². The van der Waals surface area contributed by atoms with Crippen molar-refractivity contribution >= 4 is 45.9 Å². The minimum absolute atomic E-state index is 0.00405. The van der Waals surface area contributed by atoms with Gasteiger partial charge in [-0.15, -0.1) is 0 Å². The van der Waals surface area contributed by atoms with E-state index in [2.05, 4.69) is 25.6 Å². The van der Waals surface area contributed by atoms with Gasteiger partial charge in [0.1, 0.15) is 12.1 Å². The molecule has 1 aromatic carbocycles. The van der Waals surface area contributed by atoms with Crippen LogP contribution in [-0.2, 0) is 9.59 Å². The molecule has 3 N–H and O–H groups in total. The van der Waals surface area contributed by atoms with Crippen LogP contribution in [0.25, 0.3) is 10.9 Å². The zero-order chi connectivity index (χ0) is 19.7. The first-order valence-electron chi connectivity index (χ1n) is 8.37. The Bertz CT molecular complexity index is 1130. The minimum Gasteiger partial charge on any atom is -0.478 e. The molecule has 3 aromatic rings.